The van der Waals surface area contributed by atoms with Crippen molar-refractivity contribution in [1.29, 1.82) is 0 Å². The zero-order valence-electron chi connectivity index (χ0n) is 30.7. The van der Waals surface area contributed by atoms with E-state index < -0.39 is 5.79 Å². The number of aliphatic hydroxyl groups excluding tert-OH is 2. The van der Waals surface area contributed by atoms with Gasteiger partial charge >= 0.3 is 0 Å². The van der Waals surface area contributed by atoms with E-state index in [4.69, 9.17) is 19.0 Å². The second-order valence-electron chi connectivity index (χ2n) is 13.8. The van der Waals surface area contributed by atoms with Gasteiger partial charge in [-0.15, -0.1) is 18.3 Å². The Hall–Kier alpha value is -3.35. The summed E-state index contributed by atoms with van der Waals surface area (Å²) in [6.07, 6.45) is 16.0. The lowest BCUT2D eigenvalue weighted by molar-refractivity contribution is -0.223. The molecule has 2 N–H and O–H groups in total. The third kappa shape index (κ3) is 9.49. The van der Waals surface area contributed by atoms with Crippen molar-refractivity contribution in [2.75, 3.05) is 45.0 Å². The number of ether oxygens (including phenoxy) is 3. The maximum Gasteiger partial charge on any atom is 0.230 e. The lowest BCUT2D eigenvalue weighted by Gasteiger charge is -2.58. The molecule has 0 spiro atoms. The fourth-order valence-electron chi connectivity index (χ4n) is 8.28. The van der Waals surface area contributed by atoms with Gasteiger partial charge in [0.05, 0.1) is 35.8 Å². The summed E-state index contributed by atoms with van der Waals surface area (Å²) < 4.78 is 20.7. The molecule has 0 saturated heterocycles. The Bertz CT molecular complexity index is 1660. The monoisotopic (exact) mass is 759 g/mol. The summed E-state index contributed by atoms with van der Waals surface area (Å²) in [5.74, 6) is 2.57. The van der Waals surface area contributed by atoms with E-state index in [0.29, 0.717) is 19.6 Å². The topological polar surface area (TPSA) is 116 Å². The van der Waals surface area contributed by atoms with E-state index in [0.717, 1.165) is 90.5 Å². The van der Waals surface area contributed by atoms with Crippen LogP contribution in [0.4, 0.5) is 0 Å². The minimum atomic E-state index is -1.00. The average Bonchev–Trinajstić information content (AvgIpc) is 3.19. The first-order valence-corrected chi connectivity index (χ1v) is 20.9. The summed E-state index contributed by atoms with van der Waals surface area (Å²) in [7, 11) is 1.61. The summed E-state index contributed by atoms with van der Waals surface area (Å²) in [6, 6.07) is 16.7. The number of fused-ring (bicyclic) bond motifs is 2. The molecule has 2 aliphatic carbocycles. The first kappa shape index (κ1) is 39.3. The molecule has 284 valence electrons. The molecule has 3 aromatic rings. The number of nitrogens with zero attached hydrogens (tertiary/aromatic N) is 3. The molecule has 0 radical (unpaired) electrons. The third-order valence-electron chi connectivity index (χ3n) is 10.5. The minimum Gasteiger partial charge on any atom is -0.493 e. The minimum absolute atomic E-state index is 0.0223. The Labute approximate surface area is 322 Å². The molecule has 0 bridgehead atoms. The van der Waals surface area contributed by atoms with E-state index in [1.807, 2.05) is 30.1 Å². The number of unbranched alkanes of at least 4 members (excludes halogenated alkanes) is 2. The molecular weight excluding hydrogens is 707 g/mol. The quantitative estimate of drug-likeness (QED) is 0.0481. The van der Waals surface area contributed by atoms with Crippen molar-refractivity contribution >= 4 is 29.2 Å². The molecule has 6 atom stereocenters. The van der Waals surface area contributed by atoms with Gasteiger partial charge in [-0.05, 0) is 79.2 Å². The first-order valence-electron chi connectivity index (χ1n) is 18.9. The summed E-state index contributed by atoms with van der Waals surface area (Å²) in [5, 5.41) is 24.2. The highest BCUT2D eigenvalue weighted by molar-refractivity contribution is 8.00. The largest absolute Gasteiger partial charge is 0.493 e. The van der Waals surface area contributed by atoms with E-state index >= 15 is 0 Å². The molecule has 1 saturated carbocycles. The number of benzene rings is 2. The van der Waals surface area contributed by atoms with Crippen molar-refractivity contribution in [3.05, 3.63) is 103 Å². The van der Waals surface area contributed by atoms with Gasteiger partial charge in [0.25, 0.3) is 0 Å². The van der Waals surface area contributed by atoms with Crippen LogP contribution in [0.5, 0.6) is 11.5 Å². The maximum absolute atomic E-state index is 9.85. The van der Waals surface area contributed by atoms with Gasteiger partial charge in [-0.2, -0.15) is 11.8 Å². The Morgan fingerprint density at radius 1 is 1.04 bits per heavy atom. The van der Waals surface area contributed by atoms with Gasteiger partial charge in [0.2, 0.25) is 5.79 Å². The van der Waals surface area contributed by atoms with Gasteiger partial charge in [-0.1, -0.05) is 48.3 Å². The number of aromatic nitrogens is 2. The molecule has 2 heterocycles. The average molecular weight is 760 g/mol. The fourth-order valence-corrected chi connectivity index (χ4v) is 10.4. The molecule has 1 fully saturated rings. The standard InChI is InChI=1S/C42H53N3O6S2/c1-3-22-50-42-39(53-24-17-31-29-43-18-19-44-31)28-37(45-48-2)35-26-30(11-7-9-20-46)34(14-8-10-21-47)40(41(35)42)36-27-32(15-16-38(36)51-42)49-23-25-52-33-12-5-4-6-13-33/h3-6,12-13,15-16,18-19,26-27,29-30,34,39-41,46-47H,1,7-11,14,17,20-25,28H2,2H3. The zero-order chi connectivity index (χ0) is 36.9. The van der Waals surface area contributed by atoms with Gasteiger partial charge in [-0.3, -0.25) is 9.97 Å². The zero-order valence-corrected chi connectivity index (χ0v) is 32.3. The number of aliphatic hydroxyl groups is 2. The SMILES string of the molecule is C=CCOC12Oc3ccc(OCCSc4ccccc4)cc3C3C(CCCCO)C(CCCCO)C=C(C(=NOC)CC1SCCc1cnccn1)C32. The van der Waals surface area contributed by atoms with E-state index in [-0.39, 0.29) is 42.1 Å². The van der Waals surface area contributed by atoms with Crippen molar-refractivity contribution in [3.63, 3.8) is 0 Å². The van der Waals surface area contributed by atoms with E-state index in [1.54, 1.807) is 37.3 Å². The fraction of sp³-hybridized carbons (Fsp3) is 0.500. The highest BCUT2D eigenvalue weighted by Gasteiger charge is 2.63. The van der Waals surface area contributed by atoms with Crippen LogP contribution in [0.1, 0.15) is 62.1 Å². The number of rotatable bonds is 21. The van der Waals surface area contributed by atoms with Gasteiger partial charge in [-0.25, -0.2) is 0 Å². The smallest absolute Gasteiger partial charge is 0.230 e. The lowest BCUT2D eigenvalue weighted by atomic mass is 9.56. The molecule has 6 unspecified atom stereocenters. The van der Waals surface area contributed by atoms with E-state index in [2.05, 4.69) is 64.2 Å². The summed E-state index contributed by atoms with van der Waals surface area (Å²) >= 11 is 3.60. The highest BCUT2D eigenvalue weighted by Crippen LogP contribution is 2.62. The number of allylic oxidation sites excluding steroid dienone is 1. The van der Waals surface area contributed by atoms with Crippen LogP contribution in [0.2, 0.25) is 0 Å². The predicted octanol–water partition coefficient (Wildman–Crippen LogP) is 7.89. The van der Waals surface area contributed by atoms with Crippen LogP contribution in [-0.2, 0) is 16.0 Å². The van der Waals surface area contributed by atoms with Crippen LogP contribution < -0.4 is 9.47 Å². The van der Waals surface area contributed by atoms with E-state index in [9.17, 15) is 10.2 Å². The molecule has 6 rings (SSSR count). The van der Waals surface area contributed by atoms with Crippen molar-refractivity contribution in [1.82, 2.24) is 9.97 Å². The number of oxime groups is 1. The Balaban J connectivity index is 1.41. The number of hydrogen-bond acceptors (Lipinski definition) is 11. The molecule has 1 aliphatic heterocycles. The van der Waals surface area contributed by atoms with Crippen LogP contribution in [0, 0.1) is 17.8 Å². The summed E-state index contributed by atoms with van der Waals surface area (Å²) in [6.45, 7) is 5.27. The van der Waals surface area contributed by atoms with Crippen molar-refractivity contribution in [2.45, 2.75) is 73.2 Å². The van der Waals surface area contributed by atoms with Gasteiger partial charge in [0, 0.05) is 66.8 Å². The van der Waals surface area contributed by atoms with Gasteiger partial charge in [0.15, 0.2) is 0 Å². The molecule has 11 heteroatoms. The van der Waals surface area contributed by atoms with Crippen LogP contribution >= 0.6 is 23.5 Å². The van der Waals surface area contributed by atoms with Gasteiger partial charge < -0.3 is 29.3 Å². The van der Waals surface area contributed by atoms with Crippen LogP contribution in [0.3, 0.4) is 0 Å². The molecule has 2 aromatic carbocycles. The molecule has 3 aliphatic rings. The summed E-state index contributed by atoms with van der Waals surface area (Å²) in [4.78, 5) is 15.6. The van der Waals surface area contributed by atoms with Crippen molar-refractivity contribution in [2.24, 2.45) is 22.9 Å². The lowest BCUT2D eigenvalue weighted by Crippen LogP contribution is -2.64. The Kier molecular flexibility index (Phi) is 14.7. The van der Waals surface area contributed by atoms with Crippen LogP contribution in [0.15, 0.2) is 101 Å². The highest BCUT2D eigenvalue weighted by atomic mass is 32.2. The number of aryl methyl sites for hydroxylation is 1. The molecule has 9 nitrogen and oxygen atoms in total. The maximum atomic E-state index is 9.85. The molecule has 1 aromatic heterocycles. The van der Waals surface area contributed by atoms with Crippen molar-refractivity contribution in [3.8, 4) is 11.5 Å². The molecule has 0 amide bonds. The van der Waals surface area contributed by atoms with Crippen LogP contribution in [0.25, 0.3) is 0 Å². The van der Waals surface area contributed by atoms with Crippen molar-refractivity contribution < 1.29 is 29.3 Å². The predicted molar refractivity (Wildman–Crippen MR) is 213 cm³/mol. The first-order chi connectivity index (χ1) is 26.1. The Morgan fingerprint density at radius 2 is 1.87 bits per heavy atom. The van der Waals surface area contributed by atoms with Crippen LogP contribution in [-0.4, -0.2) is 82.0 Å². The summed E-state index contributed by atoms with van der Waals surface area (Å²) in [5.41, 5.74) is 4.11. The Morgan fingerprint density at radius 3 is 2.62 bits per heavy atom. The second kappa shape index (κ2) is 19.8. The number of hydrogen-bond donors (Lipinski definition) is 2. The normalized spacial score (nSPS) is 25.2. The van der Waals surface area contributed by atoms with E-state index in [1.165, 1.54) is 4.90 Å². The third-order valence-corrected chi connectivity index (χ3v) is 12.8. The number of thioether (sulfide) groups is 2. The second-order valence-corrected chi connectivity index (χ2v) is 16.2. The van der Waals surface area contributed by atoms with Gasteiger partial charge in [0.1, 0.15) is 18.6 Å². The molecule has 53 heavy (non-hydrogen) atoms. The molecular formula is C42H53N3O6S2.